The molecule has 0 fully saturated rings. The number of anilines is 1. The molecule has 0 saturated carbocycles. The molecule has 0 unspecified atom stereocenters. The number of rotatable bonds is 4. The molecule has 3 rings (SSSR count). The number of carbonyl (C=O) groups is 1. The van der Waals surface area contributed by atoms with Crippen LogP contribution >= 0.6 is 11.6 Å². The molecule has 158 valence electrons. The lowest BCUT2D eigenvalue weighted by atomic mass is 9.87. The Bertz CT molecular complexity index is 1190. The summed E-state index contributed by atoms with van der Waals surface area (Å²) >= 11 is 6.11. The van der Waals surface area contributed by atoms with E-state index in [0.29, 0.717) is 10.7 Å². The number of nitrogens with zero attached hydrogens (tertiary/aromatic N) is 2. The number of para-hydroxylation sites is 1. The van der Waals surface area contributed by atoms with Crippen molar-refractivity contribution >= 4 is 29.3 Å². The van der Waals surface area contributed by atoms with Crippen molar-refractivity contribution in [3.05, 3.63) is 87.7 Å². The van der Waals surface area contributed by atoms with E-state index in [1.54, 1.807) is 30.3 Å². The number of nitriles is 1. The number of aromatic nitrogens is 1. The maximum atomic E-state index is 12.6. The van der Waals surface area contributed by atoms with E-state index in [2.05, 4.69) is 54.9 Å². The standard InChI is InChI=1S/C26H26ClN3O/c1-17-14-19(15-20(16-28)25(31)29-24-9-7-6-8-23(24)27)18(2)30(17)22-12-10-21(11-13-22)26(3,4)5/h6-15H,1-5H3,(H,29,31)/b20-15+. The van der Waals surface area contributed by atoms with Crippen LogP contribution in [-0.2, 0) is 10.2 Å². The number of nitrogens with one attached hydrogen (secondary N) is 1. The van der Waals surface area contributed by atoms with Crippen LogP contribution in [0.3, 0.4) is 0 Å². The average Bonchev–Trinajstić information content (AvgIpc) is 3.00. The number of benzene rings is 2. The molecule has 5 heteroatoms. The highest BCUT2D eigenvalue weighted by atomic mass is 35.5. The molecular weight excluding hydrogens is 406 g/mol. The Morgan fingerprint density at radius 2 is 1.74 bits per heavy atom. The van der Waals surface area contributed by atoms with Gasteiger partial charge in [0.25, 0.3) is 5.91 Å². The van der Waals surface area contributed by atoms with E-state index in [4.69, 9.17) is 11.6 Å². The molecule has 0 radical (unpaired) electrons. The Labute approximate surface area is 188 Å². The van der Waals surface area contributed by atoms with Gasteiger partial charge in [-0.25, -0.2) is 0 Å². The number of hydrogen-bond acceptors (Lipinski definition) is 2. The van der Waals surface area contributed by atoms with Gasteiger partial charge in [-0.15, -0.1) is 0 Å². The quantitative estimate of drug-likeness (QED) is 0.374. The number of aryl methyl sites for hydroxylation is 1. The van der Waals surface area contributed by atoms with Gasteiger partial charge in [0.1, 0.15) is 11.6 Å². The minimum Gasteiger partial charge on any atom is -0.320 e. The largest absolute Gasteiger partial charge is 0.320 e. The lowest BCUT2D eigenvalue weighted by Crippen LogP contribution is -2.13. The predicted molar refractivity (Wildman–Crippen MR) is 128 cm³/mol. The van der Waals surface area contributed by atoms with Crippen LogP contribution in [0.15, 0.2) is 60.2 Å². The Morgan fingerprint density at radius 1 is 1.10 bits per heavy atom. The molecule has 0 aliphatic carbocycles. The van der Waals surface area contributed by atoms with Crippen molar-refractivity contribution in [2.45, 2.75) is 40.0 Å². The summed E-state index contributed by atoms with van der Waals surface area (Å²) in [6.45, 7) is 10.6. The average molecular weight is 432 g/mol. The van der Waals surface area contributed by atoms with Gasteiger partial charge in [-0.1, -0.05) is 56.6 Å². The lowest BCUT2D eigenvalue weighted by molar-refractivity contribution is -0.112. The van der Waals surface area contributed by atoms with E-state index < -0.39 is 5.91 Å². The molecular formula is C26H26ClN3O. The molecule has 1 aromatic heterocycles. The molecule has 0 bridgehead atoms. The second-order valence-electron chi connectivity index (χ2n) is 8.56. The van der Waals surface area contributed by atoms with Crippen molar-refractivity contribution in [3.8, 4) is 11.8 Å². The van der Waals surface area contributed by atoms with E-state index in [9.17, 15) is 10.1 Å². The summed E-state index contributed by atoms with van der Waals surface area (Å²) in [6, 6.07) is 19.4. The SMILES string of the molecule is Cc1cc(/C=C(\C#N)C(=O)Nc2ccccc2Cl)c(C)n1-c1ccc(C(C)(C)C)cc1. The van der Waals surface area contributed by atoms with Crippen molar-refractivity contribution < 1.29 is 4.79 Å². The second kappa shape index (κ2) is 8.83. The number of carbonyl (C=O) groups excluding carboxylic acids is 1. The lowest BCUT2D eigenvalue weighted by Gasteiger charge is -2.20. The monoisotopic (exact) mass is 431 g/mol. The first-order valence-corrected chi connectivity index (χ1v) is 10.5. The third-order valence-corrected chi connectivity index (χ3v) is 5.58. The van der Waals surface area contributed by atoms with Gasteiger partial charge in [-0.2, -0.15) is 5.26 Å². The van der Waals surface area contributed by atoms with Crippen molar-refractivity contribution in [3.63, 3.8) is 0 Å². The van der Waals surface area contributed by atoms with E-state index in [-0.39, 0.29) is 11.0 Å². The number of amides is 1. The summed E-state index contributed by atoms with van der Waals surface area (Å²) in [5.74, 6) is -0.491. The molecule has 3 aromatic rings. The molecule has 0 aliphatic heterocycles. The summed E-state index contributed by atoms with van der Waals surface area (Å²) in [6.07, 6.45) is 1.62. The highest BCUT2D eigenvalue weighted by molar-refractivity contribution is 6.34. The van der Waals surface area contributed by atoms with Crippen LogP contribution in [0.1, 0.15) is 43.3 Å². The minimum atomic E-state index is -0.491. The molecule has 0 atom stereocenters. The highest BCUT2D eigenvalue weighted by Crippen LogP contribution is 2.27. The smallest absolute Gasteiger partial charge is 0.266 e. The molecule has 1 amide bonds. The first-order chi connectivity index (χ1) is 14.6. The Morgan fingerprint density at radius 3 is 2.32 bits per heavy atom. The third-order valence-electron chi connectivity index (χ3n) is 5.25. The van der Waals surface area contributed by atoms with Crippen molar-refractivity contribution in [2.24, 2.45) is 0 Å². The van der Waals surface area contributed by atoms with Crippen LogP contribution in [0.25, 0.3) is 11.8 Å². The summed E-state index contributed by atoms with van der Waals surface area (Å²) in [5.41, 5.74) is 5.69. The molecule has 0 spiro atoms. The van der Waals surface area contributed by atoms with Gasteiger partial charge < -0.3 is 9.88 Å². The van der Waals surface area contributed by atoms with Crippen LogP contribution in [0, 0.1) is 25.2 Å². The van der Waals surface area contributed by atoms with E-state index in [0.717, 1.165) is 22.6 Å². The zero-order valence-electron chi connectivity index (χ0n) is 18.5. The highest BCUT2D eigenvalue weighted by Gasteiger charge is 2.16. The first kappa shape index (κ1) is 22.4. The van der Waals surface area contributed by atoms with Crippen LogP contribution in [0.4, 0.5) is 5.69 Å². The molecule has 1 N–H and O–H groups in total. The van der Waals surface area contributed by atoms with Crippen LogP contribution < -0.4 is 5.32 Å². The Kier molecular flexibility index (Phi) is 6.38. The van der Waals surface area contributed by atoms with Crippen molar-refractivity contribution in [1.82, 2.24) is 4.57 Å². The van der Waals surface area contributed by atoms with Crippen molar-refractivity contribution in [1.29, 1.82) is 5.26 Å². The van der Waals surface area contributed by atoms with E-state index in [1.165, 1.54) is 5.56 Å². The molecule has 1 heterocycles. The van der Waals surface area contributed by atoms with Crippen molar-refractivity contribution in [2.75, 3.05) is 5.32 Å². The van der Waals surface area contributed by atoms with Crippen LogP contribution in [0.2, 0.25) is 5.02 Å². The zero-order chi connectivity index (χ0) is 22.8. The normalized spacial score (nSPS) is 11.8. The van der Waals surface area contributed by atoms with Gasteiger partial charge in [0.05, 0.1) is 10.7 Å². The van der Waals surface area contributed by atoms with Crippen LogP contribution in [-0.4, -0.2) is 10.5 Å². The fourth-order valence-electron chi connectivity index (χ4n) is 3.50. The van der Waals surface area contributed by atoms with E-state index >= 15 is 0 Å². The number of hydrogen-bond donors (Lipinski definition) is 1. The minimum absolute atomic E-state index is 0.0169. The van der Waals surface area contributed by atoms with Gasteiger partial charge in [-0.05, 0) is 66.8 Å². The van der Waals surface area contributed by atoms with Gasteiger partial charge in [0.15, 0.2) is 0 Å². The zero-order valence-corrected chi connectivity index (χ0v) is 19.2. The summed E-state index contributed by atoms with van der Waals surface area (Å²) in [7, 11) is 0. The Hall–Kier alpha value is -3.29. The molecule has 0 aliphatic rings. The fraction of sp³-hybridized carbons (Fsp3) is 0.231. The maximum Gasteiger partial charge on any atom is 0.266 e. The van der Waals surface area contributed by atoms with E-state index in [1.807, 2.05) is 26.0 Å². The van der Waals surface area contributed by atoms with Gasteiger partial charge in [0.2, 0.25) is 0 Å². The summed E-state index contributed by atoms with van der Waals surface area (Å²) in [4.78, 5) is 12.6. The first-order valence-electron chi connectivity index (χ1n) is 10.1. The predicted octanol–water partition coefficient (Wildman–Crippen LogP) is 6.59. The topological polar surface area (TPSA) is 57.8 Å². The molecule has 4 nitrogen and oxygen atoms in total. The summed E-state index contributed by atoms with van der Waals surface area (Å²) in [5, 5.41) is 12.7. The molecule has 0 saturated heterocycles. The number of halogens is 1. The summed E-state index contributed by atoms with van der Waals surface area (Å²) < 4.78 is 2.12. The molecule has 31 heavy (non-hydrogen) atoms. The maximum absolute atomic E-state index is 12.6. The molecule has 2 aromatic carbocycles. The third kappa shape index (κ3) is 4.90. The fourth-order valence-corrected chi connectivity index (χ4v) is 3.68. The second-order valence-corrected chi connectivity index (χ2v) is 8.97. The van der Waals surface area contributed by atoms with Crippen LogP contribution in [0.5, 0.6) is 0 Å². The van der Waals surface area contributed by atoms with Gasteiger partial charge in [0, 0.05) is 17.1 Å². The van der Waals surface area contributed by atoms with Gasteiger partial charge in [-0.3, -0.25) is 4.79 Å². The Balaban J connectivity index is 1.93. The van der Waals surface area contributed by atoms with Gasteiger partial charge >= 0.3 is 0 Å².